The summed E-state index contributed by atoms with van der Waals surface area (Å²) < 4.78 is 16.2. The molecule has 1 aromatic heterocycles. The van der Waals surface area contributed by atoms with Crippen LogP contribution in [0, 0.1) is 0 Å². The normalized spacial score (nSPS) is 16.4. The van der Waals surface area contributed by atoms with Gasteiger partial charge in [-0.05, 0) is 132 Å². The predicted molar refractivity (Wildman–Crippen MR) is 164 cm³/mol. The molecule has 0 radical (unpaired) electrons. The number of allylic oxidation sites excluding steroid dienone is 2. The molecule has 0 fully saturated rings. The quantitative estimate of drug-likeness (QED) is 0.251. The summed E-state index contributed by atoms with van der Waals surface area (Å²) in [4.78, 5) is 5.49. The van der Waals surface area contributed by atoms with Crippen LogP contribution < -0.4 is 14.2 Å². The fraction of sp³-hybridized carbons (Fsp3) is 0.250. The zero-order valence-corrected chi connectivity index (χ0v) is 23.5. The van der Waals surface area contributed by atoms with Crippen LogP contribution in [-0.2, 0) is 12.8 Å². The number of rotatable bonds is 6. The van der Waals surface area contributed by atoms with Crippen molar-refractivity contribution in [3.63, 3.8) is 0 Å². The number of fused-ring (bicyclic) bond motifs is 2. The molecule has 0 amide bonds. The van der Waals surface area contributed by atoms with Gasteiger partial charge in [0.25, 0.3) is 0 Å². The van der Waals surface area contributed by atoms with Gasteiger partial charge in [-0.25, -0.2) is 4.98 Å². The molecule has 202 valence electrons. The van der Waals surface area contributed by atoms with Crippen molar-refractivity contribution >= 4 is 23.3 Å². The Balaban J connectivity index is 1.54. The number of nitrogens with zero attached hydrogens (tertiary/aromatic N) is 1. The number of hydrogen-bond acceptors (Lipinski definition) is 4. The molecule has 0 saturated carbocycles. The first-order chi connectivity index (χ1) is 19.7. The molecule has 2 aliphatic rings. The van der Waals surface area contributed by atoms with Crippen molar-refractivity contribution < 1.29 is 14.2 Å². The smallest absolute Gasteiger partial charge is 0.118 e. The number of pyridine rings is 1. The molecule has 0 bridgehead atoms. The lowest BCUT2D eigenvalue weighted by atomic mass is 9.78. The summed E-state index contributed by atoms with van der Waals surface area (Å²) in [5, 5.41) is 0. The fourth-order valence-electron chi connectivity index (χ4n) is 6.02. The Morgan fingerprint density at radius 2 is 0.925 bits per heavy atom. The maximum Gasteiger partial charge on any atom is 0.118 e. The average molecular weight is 530 g/mol. The zero-order valence-electron chi connectivity index (χ0n) is 23.5. The second-order valence-electron chi connectivity index (χ2n) is 10.5. The van der Waals surface area contributed by atoms with E-state index in [0.717, 1.165) is 67.2 Å². The Morgan fingerprint density at radius 1 is 0.525 bits per heavy atom. The van der Waals surface area contributed by atoms with Crippen molar-refractivity contribution in [1.82, 2.24) is 4.98 Å². The highest BCUT2D eigenvalue weighted by Crippen LogP contribution is 2.44. The van der Waals surface area contributed by atoms with Gasteiger partial charge in [-0.15, -0.1) is 0 Å². The Morgan fingerprint density at radius 3 is 1.32 bits per heavy atom. The molecule has 3 aromatic carbocycles. The minimum absolute atomic E-state index is 0.869. The lowest BCUT2D eigenvalue weighted by Gasteiger charge is -2.29. The molecule has 4 aromatic rings. The van der Waals surface area contributed by atoms with E-state index >= 15 is 0 Å². The SMILES string of the molecule is COc1ccc(/C=C2/CCCc3c2nc2c(c3-c3ccc(OC)cc3)CCC/C2=C\c2ccc(OC)cc2)cc1. The molecule has 0 spiro atoms. The van der Waals surface area contributed by atoms with E-state index in [1.165, 1.54) is 44.5 Å². The van der Waals surface area contributed by atoms with Gasteiger partial charge in [-0.2, -0.15) is 0 Å². The number of hydrogen-bond donors (Lipinski definition) is 0. The van der Waals surface area contributed by atoms with Crippen molar-refractivity contribution in [2.75, 3.05) is 21.3 Å². The molecule has 0 saturated heterocycles. The molecule has 2 aliphatic carbocycles. The van der Waals surface area contributed by atoms with Crippen LogP contribution in [0.2, 0.25) is 0 Å². The van der Waals surface area contributed by atoms with Crippen LogP contribution in [0.1, 0.15) is 59.3 Å². The van der Waals surface area contributed by atoms with Gasteiger partial charge in [0.15, 0.2) is 0 Å². The minimum Gasteiger partial charge on any atom is -0.497 e. The molecule has 0 unspecified atom stereocenters. The van der Waals surface area contributed by atoms with Crippen molar-refractivity contribution in [2.45, 2.75) is 38.5 Å². The summed E-state index contributed by atoms with van der Waals surface area (Å²) >= 11 is 0. The van der Waals surface area contributed by atoms with E-state index in [9.17, 15) is 0 Å². The van der Waals surface area contributed by atoms with Gasteiger partial charge in [-0.1, -0.05) is 36.4 Å². The number of benzene rings is 3. The second-order valence-corrected chi connectivity index (χ2v) is 10.5. The molecule has 4 heteroatoms. The van der Waals surface area contributed by atoms with Crippen LogP contribution in [0.3, 0.4) is 0 Å². The van der Waals surface area contributed by atoms with Gasteiger partial charge in [-0.3, -0.25) is 0 Å². The van der Waals surface area contributed by atoms with Crippen LogP contribution in [-0.4, -0.2) is 26.3 Å². The van der Waals surface area contributed by atoms with Crippen molar-refractivity contribution in [3.8, 4) is 28.4 Å². The van der Waals surface area contributed by atoms with Crippen LogP contribution in [0.15, 0.2) is 72.8 Å². The van der Waals surface area contributed by atoms with E-state index in [-0.39, 0.29) is 0 Å². The highest BCUT2D eigenvalue weighted by atomic mass is 16.5. The van der Waals surface area contributed by atoms with Crippen LogP contribution in [0.5, 0.6) is 17.2 Å². The van der Waals surface area contributed by atoms with Crippen molar-refractivity contribution in [3.05, 3.63) is 106 Å². The van der Waals surface area contributed by atoms with Crippen LogP contribution in [0.4, 0.5) is 0 Å². The van der Waals surface area contributed by atoms with Gasteiger partial charge in [0.1, 0.15) is 17.2 Å². The summed E-state index contributed by atoms with van der Waals surface area (Å²) in [7, 11) is 5.13. The third-order valence-electron chi connectivity index (χ3n) is 8.05. The predicted octanol–water partition coefficient (Wildman–Crippen LogP) is 8.53. The molecule has 6 rings (SSSR count). The third-order valence-corrected chi connectivity index (χ3v) is 8.05. The fourth-order valence-corrected chi connectivity index (χ4v) is 6.02. The Bertz CT molecular complexity index is 1470. The zero-order chi connectivity index (χ0) is 27.5. The molecule has 1 heterocycles. The lowest BCUT2D eigenvalue weighted by molar-refractivity contribution is 0.414. The molecule has 0 N–H and O–H groups in total. The van der Waals surface area contributed by atoms with E-state index in [0.29, 0.717) is 0 Å². The number of aromatic nitrogens is 1. The van der Waals surface area contributed by atoms with Crippen molar-refractivity contribution in [1.29, 1.82) is 0 Å². The Hall–Kier alpha value is -4.31. The highest BCUT2D eigenvalue weighted by molar-refractivity contribution is 5.91. The first-order valence-electron chi connectivity index (χ1n) is 14.1. The van der Waals surface area contributed by atoms with E-state index < -0.39 is 0 Å². The summed E-state index contributed by atoms with van der Waals surface area (Å²) in [5.74, 6) is 2.61. The molecular weight excluding hydrogens is 494 g/mol. The molecule has 4 nitrogen and oxygen atoms in total. The van der Waals surface area contributed by atoms with Gasteiger partial charge in [0.2, 0.25) is 0 Å². The first-order valence-corrected chi connectivity index (χ1v) is 14.1. The molecule has 0 atom stereocenters. The second kappa shape index (κ2) is 11.4. The summed E-state index contributed by atoms with van der Waals surface area (Å²) in [5.41, 5.74) is 12.6. The van der Waals surface area contributed by atoms with Gasteiger partial charge in [0, 0.05) is 0 Å². The van der Waals surface area contributed by atoms with Gasteiger partial charge < -0.3 is 14.2 Å². The highest BCUT2D eigenvalue weighted by Gasteiger charge is 2.28. The van der Waals surface area contributed by atoms with Crippen LogP contribution in [0.25, 0.3) is 34.4 Å². The van der Waals surface area contributed by atoms with Crippen LogP contribution >= 0.6 is 0 Å². The van der Waals surface area contributed by atoms with Gasteiger partial charge in [0.05, 0.1) is 32.7 Å². The molecule has 40 heavy (non-hydrogen) atoms. The standard InChI is InChI=1S/C36H35NO3/c1-38-29-16-10-24(11-17-29)22-27-6-4-8-32-34(26-14-20-31(40-3)21-15-26)33-9-5-7-28(36(33)37-35(27)32)23-25-12-18-30(39-2)19-13-25/h10-23H,4-9H2,1-3H3/b27-22-,28-23+. The van der Waals surface area contributed by atoms with Crippen molar-refractivity contribution in [2.24, 2.45) is 0 Å². The Kier molecular flexibility index (Phi) is 7.41. The van der Waals surface area contributed by atoms with E-state index in [4.69, 9.17) is 19.2 Å². The average Bonchev–Trinajstić information content (AvgIpc) is 3.01. The largest absolute Gasteiger partial charge is 0.497 e. The first kappa shape index (κ1) is 25.9. The maximum absolute atomic E-state index is 5.49. The minimum atomic E-state index is 0.869. The Labute approximate surface area is 237 Å². The summed E-state index contributed by atoms with van der Waals surface area (Å²) in [6.07, 6.45) is 11.0. The van der Waals surface area contributed by atoms with Gasteiger partial charge >= 0.3 is 0 Å². The van der Waals surface area contributed by atoms with E-state index in [1.807, 2.05) is 24.3 Å². The monoisotopic (exact) mass is 529 g/mol. The summed E-state index contributed by atoms with van der Waals surface area (Å²) in [6.45, 7) is 0. The third kappa shape index (κ3) is 5.14. The number of ether oxygens (including phenoxy) is 3. The maximum atomic E-state index is 5.49. The summed E-state index contributed by atoms with van der Waals surface area (Å²) in [6, 6.07) is 25.1. The lowest BCUT2D eigenvalue weighted by Crippen LogP contribution is -2.15. The molecular formula is C36H35NO3. The number of methoxy groups -OCH3 is 3. The topological polar surface area (TPSA) is 40.6 Å². The molecule has 0 aliphatic heterocycles. The van der Waals surface area contributed by atoms with E-state index in [2.05, 4.69) is 60.7 Å². The van der Waals surface area contributed by atoms with E-state index in [1.54, 1.807) is 21.3 Å².